The summed E-state index contributed by atoms with van der Waals surface area (Å²) in [5, 5.41) is 0. The van der Waals surface area contributed by atoms with Crippen LogP contribution < -0.4 is 0 Å². The highest BCUT2D eigenvalue weighted by atomic mass is 16.1. The Hall–Kier alpha value is -1.78. The van der Waals surface area contributed by atoms with Crippen molar-refractivity contribution in [2.75, 3.05) is 0 Å². The Morgan fingerprint density at radius 1 is 1.46 bits per heavy atom. The summed E-state index contributed by atoms with van der Waals surface area (Å²) in [4.78, 5) is 22.7. The second-order valence-electron chi connectivity index (χ2n) is 2.77. The van der Waals surface area contributed by atoms with E-state index >= 15 is 0 Å². The lowest BCUT2D eigenvalue weighted by atomic mass is 10.5. The number of carbonyl (C=O) groups excluding carboxylic acids is 1. The van der Waals surface area contributed by atoms with Crippen molar-refractivity contribution in [3.63, 3.8) is 0 Å². The second kappa shape index (κ2) is 2.62. The molecule has 2 heterocycles. The fraction of sp³-hybridized carbons (Fsp3) is 0.250. The molecular weight excluding hydrogens is 168 g/mol. The fourth-order valence-electron chi connectivity index (χ4n) is 1.18. The summed E-state index contributed by atoms with van der Waals surface area (Å²) in [6.45, 7) is 1.79. The first-order valence-electron chi connectivity index (χ1n) is 3.83. The minimum atomic E-state index is 0.370. The van der Waals surface area contributed by atoms with Gasteiger partial charge in [0.05, 0.1) is 6.20 Å². The van der Waals surface area contributed by atoms with Gasteiger partial charge in [-0.3, -0.25) is 4.79 Å². The van der Waals surface area contributed by atoms with Crippen LogP contribution in [0.5, 0.6) is 0 Å². The molecule has 13 heavy (non-hydrogen) atoms. The Bertz CT molecular complexity index is 474. The molecule has 66 valence electrons. The molecule has 0 atom stereocenters. The molecule has 0 spiro atoms. The zero-order valence-corrected chi connectivity index (χ0v) is 7.35. The average Bonchev–Trinajstić information content (AvgIpc) is 2.42. The first kappa shape index (κ1) is 7.85. The molecule has 5 nitrogen and oxygen atoms in total. The highest BCUT2D eigenvalue weighted by molar-refractivity contribution is 5.79. The molecule has 0 N–H and O–H groups in total. The molecule has 0 amide bonds. The molecule has 0 saturated heterocycles. The molecular formula is C8H8N4O. The Kier molecular flexibility index (Phi) is 1.58. The lowest BCUT2D eigenvalue weighted by Crippen LogP contribution is -1.95. The van der Waals surface area contributed by atoms with Crippen molar-refractivity contribution in [3.05, 3.63) is 17.8 Å². The summed E-state index contributed by atoms with van der Waals surface area (Å²) in [5.41, 5.74) is 1.34. The second-order valence-corrected chi connectivity index (χ2v) is 2.77. The van der Waals surface area contributed by atoms with Crippen LogP contribution in [0.25, 0.3) is 11.2 Å². The maximum atomic E-state index is 10.6. The zero-order valence-electron chi connectivity index (χ0n) is 7.35. The van der Waals surface area contributed by atoms with Crippen molar-refractivity contribution in [2.24, 2.45) is 7.05 Å². The minimum Gasteiger partial charge on any atom is -0.322 e. The van der Waals surface area contributed by atoms with Crippen LogP contribution in [-0.4, -0.2) is 25.8 Å². The third kappa shape index (κ3) is 1.09. The van der Waals surface area contributed by atoms with Gasteiger partial charge in [0.2, 0.25) is 0 Å². The summed E-state index contributed by atoms with van der Waals surface area (Å²) in [5.74, 6) is 1.03. The van der Waals surface area contributed by atoms with Gasteiger partial charge >= 0.3 is 0 Å². The van der Waals surface area contributed by atoms with Crippen molar-refractivity contribution in [3.8, 4) is 0 Å². The standard InChI is InChI=1S/C8H8N4O/c1-5-9-3-6-8(10-5)11-7(4-13)12(6)2/h3-4H,1-2H3. The summed E-state index contributed by atoms with van der Waals surface area (Å²) < 4.78 is 1.67. The van der Waals surface area contributed by atoms with Gasteiger partial charge in [0.15, 0.2) is 17.8 Å². The maximum absolute atomic E-state index is 10.6. The monoisotopic (exact) mass is 176 g/mol. The molecule has 2 aromatic heterocycles. The van der Waals surface area contributed by atoms with Gasteiger partial charge in [0.1, 0.15) is 11.3 Å². The van der Waals surface area contributed by atoms with Crippen molar-refractivity contribution in [1.29, 1.82) is 0 Å². The largest absolute Gasteiger partial charge is 0.322 e. The molecule has 0 saturated carbocycles. The number of rotatable bonds is 1. The van der Waals surface area contributed by atoms with Crippen LogP contribution in [0.2, 0.25) is 0 Å². The van der Waals surface area contributed by atoms with Gasteiger partial charge < -0.3 is 4.57 Å². The summed E-state index contributed by atoms with van der Waals surface area (Å²) in [6.07, 6.45) is 2.37. The molecule has 2 rings (SSSR count). The number of hydrogen-bond acceptors (Lipinski definition) is 4. The van der Waals surface area contributed by atoms with Crippen molar-refractivity contribution in [2.45, 2.75) is 6.92 Å². The van der Waals surface area contributed by atoms with E-state index in [1.165, 1.54) is 0 Å². The number of aromatic nitrogens is 4. The summed E-state index contributed by atoms with van der Waals surface area (Å²) >= 11 is 0. The van der Waals surface area contributed by atoms with Crippen LogP contribution in [0.3, 0.4) is 0 Å². The molecule has 2 aromatic rings. The fourth-order valence-corrected chi connectivity index (χ4v) is 1.18. The van der Waals surface area contributed by atoms with Gasteiger partial charge in [-0.1, -0.05) is 0 Å². The average molecular weight is 176 g/mol. The third-order valence-corrected chi connectivity index (χ3v) is 1.90. The number of carbonyl (C=O) groups is 1. The van der Waals surface area contributed by atoms with E-state index in [1.807, 2.05) is 0 Å². The normalized spacial score (nSPS) is 10.6. The first-order valence-corrected chi connectivity index (χ1v) is 3.83. The van der Waals surface area contributed by atoms with Gasteiger partial charge in [0.25, 0.3) is 0 Å². The smallest absolute Gasteiger partial charge is 0.185 e. The SMILES string of the molecule is Cc1ncc2c(n1)nc(C=O)n2C. The van der Waals surface area contributed by atoms with Crippen molar-refractivity contribution in [1.82, 2.24) is 19.5 Å². The van der Waals surface area contributed by atoms with Gasteiger partial charge in [0, 0.05) is 7.05 Å². The van der Waals surface area contributed by atoms with Crippen LogP contribution in [0, 0.1) is 6.92 Å². The van der Waals surface area contributed by atoms with E-state index in [-0.39, 0.29) is 0 Å². The number of aryl methyl sites for hydroxylation is 2. The van der Waals surface area contributed by atoms with Gasteiger partial charge in [-0.25, -0.2) is 15.0 Å². The van der Waals surface area contributed by atoms with Gasteiger partial charge in [-0.2, -0.15) is 0 Å². The number of nitrogens with zero attached hydrogens (tertiary/aromatic N) is 4. The molecule has 0 unspecified atom stereocenters. The van der Waals surface area contributed by atoms with E-state index in [2.05, 4.69) is 15.0 Å². The zero-order chi connectivity index (χ0) is 9.42. The third-order valence-electron chi connectivity index (χ3n) is 1.90. The van der Waals surface area contributed by atoms with Crippen molar-refractivity contribution >= 4 is 17.5 Å². The van der Waals surface area contributed by atoms with E-state index in [1.54, 1.807) is 24.7 Å². The van der Waals surface area contributed by atoms with Crippen LogP contribution >= 0.6 is 0 Å². The van der Waals surface area contributed by atoms with E-state index in [0.717, 1.165) is 5.52 Å². The molecule has 5 heteroatoms. The molecule has 0 aromatic carbocycles. The maximum Gasteiger partial charge on any atom is 0.185 e. The van der Waals surface area contributed by atoms with Crippen LogP contribution in [0.15, 0.2) is 6.20 Å². The predicted molar refractivity (Wildman–Crippen MR) is 46.4 cm³/mol. The summed E-state index contributed by atoms with van der Waals surface area (Å²) in [7, 11) is 1.76. The lowest BCUT2D eigenvalue weighted by molar-refractivity contribution is 0.111. The number of imidazole rings is 1. The number of fused-ring (bicyclic) bond motifs is 1. The predicted octanol–water partition coefficient (Wildman–Crippen LogP) is 0.484. The van der Waals surface area contributed by atoms with E-state index in [4.69, 9.17) is 0 Å². The molecule has 0 bridgehead atoms. The van der Waals surface area contributed by atoms with E-state index in [0.29, 0.717) is 23.6 Å². The minimum absolute atomic E-state index is 0.370. The quantitative estimate of drug-likeness (QED) is 0.593. The van der Waals surface area contributed by atoms with Crippen molar-refractivity contribution < 1.29 is 4.79 Å². The molecule has 0 aliphatic carbocycles. The molecule has 0 radical (unpaired) electrons. The van der Waals surface area contributed by atoms with E-state index in [9.17, 15) is 4.79 Å². The van der Waals surface area contributed by atoms with Crippen LogP contribution in [0.4, 0.5) is 0 Å². The molecule has 0 aliphatic rings. The van der Waals surface area contributed by atoms with E-state index < -0.39 is 0 Å². The summed E-state index contributed by atoms with van der Waals surface area (Å²) in [6, 6.07) is 0. The highest BCUT2D eigenvalue weighted by Crippen LogP contribution is 2.09. The number of hydrogen-bond donors (Lipinski definition) is 0. The highest BCUT2D eigenvalue weighted by Gasteiger charge is 2.07. The Morgan fingerprint density at radius 2 is 2.23 bits per heavy atom. The Morgan fingerprint density at radius 3 is 2.92 bits per heavy atom. The Balaban J connectivity index is 2.83. The van der Waals surface area contributed by atoms with Crippen LogP contribution in [0.1, 0.15) is 16.4 Å². The molecule has 0 aliphatic heterocycles. The van der Waals surface area contributed by atoms with Gasteiger partial charge in [-0.15, -0.1) is 0 Å². The van der Waals surface area contributed by atoms with Gasteiger partial charge in [-0.05, 0) is 6.92 Å². The lowest BCUT2D eigenvalue weighted by Gasteiger charge is -1.93. The Labute approximate surface area is 74.4 Å². The first-order chi connectivity index (χ1) is 6.22. The topological polar surface area (TPSA) is 60.7 Å². The van der Waals surface area contributed by atoms with Crippen LogP contribution in [-0.2, 0) is 7.05 Å². The number of aldehydes is 1. The molecule has 0 fully saturated rings.